The van der Waals surface area contributed by atoms with Crippen LogP contribution < -0.4 is 5.73 Å². The summed E-state index contributed by atoms with van der Waals surface area (Å²) < 4.78 is 13.3. The summed E-state index contributed by atoms with van der Waals surface area (Å²) in [6.45, 7) is 0. The molecule has 0 aliphatic carbocycles. The van der Waals surface area contributed by atoms with Crippen LogP contribution in [0.3, 0.4) is 0 Å². The van der Waals surface area contributed by atoms with E-state index in [4.69, 9.17) is 5.73 Å². The molecule has 2 aromatic rings. The maximum absolute atomic E-state index is 13.3. The summed E-state index contributed by atoms with van der Waals surface area (Å²) in [5.41, 5.74) is 7.99. The molecule has 14 heavy (non-hydrogen) atoms. The van der Waals surface area contributed by atoms with Crippen LogP contribution >= 0.6 is 11.3 Å². The minimum absolute atomic E-state index is 0.381. The molecular weight excluding hydrogens is 201 g/mol. The second-order valence-corrected chi connectivity index (χ2v) is 3.70. The van der Waals surface area contributed by atoms with Gasteiger partial charge in [0.2, 0.25) is 0 Å². The molecule has 0 aliphatic rings. The van der Waals surface area contributed by atoms with E-state index >= 15 is 0 Å². The topological polar surface area (TPSA) is 51.8 Å². The van der Waals surface area contributed by atoms with E-state index in [1.54, 1.807) is 17.8 Å². The quantitative estimate of drug-likeness (QED) is 0.819. The van der Waals surface area contributed by atoms with Gasteiger partial charge in [-0.15, -0.1) is 11.3 Å². The number of hydrogen-bond donors (Lipinski definition) is 1. The maximum atomic E-state index is 13.3. The van der Waals surface area contributed by atoms with Crippen LogP contribution in [0.1, 0.15) is 16.5 Å². The van der Waals surface area contributed by atoms with Gasteiger partial charge in [-0.25, -0.2) is 4.39 Å². The highest BCUT2D eigenvalue weighted by molar-refractivity contribution is 7.09. The van der Waals surface area contributed by atoms with Gasteiger partial charge in [0.1, 0.15) is 5.82 Å². The molecule has 3 nitrogen and oxygen atoms in total. The van der Waals surface area contributed by atoms with Crippen molar-refractivity contribution in [3.8, 4) is 0 Å². The van der Waals surface area contributed by atoms with Crippen molar-refractivity contribution in [3.63, 3.8) is 0 Å². The highest BCUT2D eigenvalue weighted by Crippen LogP contribution is 2.23. The van der Waals surface area contributed by atoms with Gasteiger partial charge in [0.05, 0.1) is 17.7 Å². The van der Waals surface area contributed by atoms with E-state index < -0.39 is 6.04 Å². The average molecular weight is 209 g/mol. The highest BCUT2D eigenvalue weighted by atomic mass is 32.1. The molecule has 0 amide bonds. The van der Waals surface area contributed by atoms with Gasteiger partial charge in [0, 0.05) is 22.8 Å². The number of hydrogen-bond acceptors (Lipinski definition) is 4. The van der Waals surface area contributed by atoms with Crippen molar-refractivity contribution in [1.82, 2.24) is 9.97 Å². The Morgan fingerprint density at radius 3 is 2.86 bits per heavy atom. The molecule has 0 spiro atoms. The minimum Gasteiger partial charge on any atom is -0.319 e. The van der Waals surface area contributed by atoms with Crippen molar-refractivity contribution in [2.45, 2.75) is 6.04 Å². The Bertz CT molecular complexity index is 416. The van der Waals surface area contributed by atoms with Crippen LogP contribution in [0.15, 0.2) is 30.2 Å². The van der Waals surface area contributed by atoms with Crippen LogP contribution in [0.25, 0.3) is 0 Å². The lowest BCUT2D eigenvalue weighted by molar-refractivity contribution is 0.594. The van der Waals surface area contributed by atoms with E-state index in [0.717, 1.165) is 11.1 Å². The molecule has 0 bridgehead atoms. The van der Waals surface area contributed by atoms with Crippen LogP contribution in [-0.4, -0.2) is 9.97 Å². The van der Waals surface area contributed by atoms with Crippen LogP contribution in [0.4, 0.5) is 4.39 Å². The van der Waals surface area contributed by atoms with Gasteiger partial charge in [0.15, 0.2) is 0 Å². The Kier molecular flexibility index (Phi) is 2.51. The van der Waals surface area contributed by atoms with Gasteiger partial charge in [-0.1, -0.05) is 0 Å². The zero-order valence-electron chi connectivity index (χ0n) is 7.22. The number of nitrogens with two attached hydrogens (primary N) is 1. The highest BCUT2D eigenvalue weighted by Gasteiger charge is 2.14. The summed E-state index contributed by atoms with van der Waals surface area (Å²) in [6, 6.07) is 1.13. The van der Waals surface area contributed by atoms with Crippen molar-refractivity contribution in [2.75, 3.05) is 0 Å². The molecule has 72 valence electrons. The smallest absolute Gasteiger partial charge is 0.146 e. The number of aromatic nitrogens is 2. The Morgan fingerprint density at radius 1 is 1.36 bits per heavy atom. The molecule has 2 aromatic heterocycles. The van der Waals surface area contributed by atoms with E-state index in [2.05, 4.69) is 9.97 Å². The molecular formula is C9H8FN3S. The van der Waals surface area contributed by atoms with E-state index in [0.29, 0.717) is 5.56 Å². The molecule has 0 fully saturated rings. The molecule has 0 saturated heterocycles. The van der Waals surface area contributed by atoms with E-state index in [-0.39, 0.29) is 5.82 Å². The minimum atomic E-state index is -0.453. The van der Waals surface area contributed by atoms with Crippen LogP contribution in [0, 0.1) is 5.82 Å². The number of halogens is 1. The normalized spacial score (nSPS) is 12.7. The number of thiazole rings is 1. The lowest BCUT2D eigenvalue weighted by Crippen LogP contribution is -2.12. The molecule has 2 rings (SSSR count). The Labute approximate surface area is 84.4 Å². The predicted octanol–water partition coefficient (Wildman–Crippen LogP) is 1.73. The average Bonchev–Trinajstić information content (AvgIpc) is 2.70. The molecule has 1 atom stereocenters. The van der Waals surface area contributed by atoms with E-state index in [9.17, 15) is 4.39 Å². The van der Waals surface area contributed by atoms with Crippen molar-refractivity contribution in [3.05, 3.63) is 46.4 Å². The zero-order valence-corrected chi connectivity index (χ0v) is 8.04. The molecule has 2 N–H and O–H groups in total. The summed E-state index contributed by atoms with van der Waals surface area (Å²) in [7, 11) is 0. The van der Waals surface area contributed by atoms with Gasteiger partial charge in [-0.3, -0.25) is 9.97 Å². The summed E-state index contributed by atoms with van der Waals surface area (Å²) >= 11 is 1.41. The third-order valence-corrected chi connectivity index (χ3v) is 2.76. The third-order valence-electron chi connectivity index (χ3n) is 1.90. The molecule has 0 radical (unpaired) electrons. The maximum Gasteiger partial charge on any atom is 0.146 e. The SMILES string of the molecule is NC(c1cncs1)c1ccncc1F. The van der Waals surface area contributed by atoms with Gasteiger partial charge >= 0.3 is 0 Å². The molecule has 2 heterocycles. The van der Waals surface area contributed by atoms with E-state index in [1.165, 1.54) is 17.5 Å². The van der Waals surface area contributed by atoms with Crippen molar-refractivity contribution in [1.29, 1.82) is 0 Å². The monoisotopic (exact) mass is 209 g/mol. The number of pyridine rings is 1. The number of nitrogens with zero attached hydrogens (tertiary/aromatic N) is 2. The standard InChI is InChI=1S/C9H8FN3S/c10-7-3-12-2-1-6(7)9(11)8-4-13-5-14-8/h1-5,9H,11H2. The summed E-state index contributed by atoms with van der Waals surface area (Å²) in [6.07, 6.45) is 4.34. The first-order valence-electron chi connectivity index (χ1n) is 4.02. The van der Waals surface area contributed by atoms with Crippen molar-refractivity contribution < 1.29 is 4.39 Å². The molecule has 0 saturated carbocycles. The Morgan fingerprint density at radius 2 is 2.21 bits per heavy atom. The van der Waals surface area contributed by atoms with E-state index in [1.807, 2.05) is 0 Å². The second kappa shape index (κ2) is 3.81. The number of rotatable bonds is 2. The molecule has 0 aromatic carbocycles. The Hall–Kier alpha value is -1.33. The zero-order chi connectivity index (χ0) is 9.97. The van der Waals surface area contributed by atoms with Crippen LogP contribution in [-0.2, 0) is 0 Å². The molecule has 0 aliphatic heterocycles. The van der Waals surface area contributed by atoms with Gasteiger partial charge < -0.3 is 5.73 Å². The first-order valence-corrected chi connectivity index (χ1v) is 4.90. The van der Waals surface area contributed by atoms with Gasteiger partial charge in [-0.05, 0) is 6.07 Å². The second-order valence-electron chi connectivity index (χ2n) is 2.78. The summed E-state index contributed by atoms with van der Waals surface area (Å²) in [4.78, 5) is 8.41. The molecule has 1 unspecified atom stereocenters. The first kappa shape index (κ1) is 9.23. The first-order chi connectivity index (χ1) is 6.79. The van der Waals surface area contributed by atoms with Crippen molar-refractivity contribution >= 4 is 11.3 Å². The van der Waals surface area contributed by atoms with Crippen molar-refractivity contribution in [2.24, 2.45) is 5.73 Å². The largest absolute Gasteiger partial charge is 0.319 e. The fourth-order valence-electron chi connectivity index (χ4n) is 1.17. The fraction of sp³-hybridized carbons (Fsp3) is 0.111. The Balaban J connectivity index is 2.37. The fourth-order valence-corrected chi connectivity index (χ4v) is 1.81. The molecule has 5 heteroatoms. The lowest BCUT2D eigenvalue weighted by atomic mass is 10.1. The van der Waals surface area contributed by atoms with Gasteiger partial charge in [-0.2, -0.15) is 0 Å². The van der Waals surface area contributed by atoms with Gasteiger partial charge in [0.25, 0.3) is 0 Å². The van der Waals surface area contributed by atoms with Crippen LogP contribution in [0.5, 0.6) is 0 Å². The lowest BCUT2D eigenvalue weighted by Gasteiger charge is -2.09. The third kappa shape index (κ3) is 1.64. The summed E-state index contributed by atoms with van der Waals surface area (Å²) in [5.74, 6) is -0.381. The van der Waals surface area contributed by atoms with Crippen LogP contribution in [0.2, 0.25) is 0 Å². The summed E-state index contributed by atoms with van der Waals surface area (Å²) in [5, 5.41) is 0. The predicted molar refractivity (Wildman–Crippen MR) is 52.3 cm³/mol.